The van der Waals surface area contributed by atoms with Crippen molar-refractivity contribution in [2.24, 2.45) is 0 Å². The number of carbonyl (C=O) groups is 1. The van der Waals surface area contributed by atoms with Crippen LogP contribution in [0.4, 0.5) is 5.69 Å². The molecule has 0 aromatic heterocycles. The first-order valence-corrected chi connectivity index (χ1v) is 9.31. The number of methoxy groups -OCH3 is 2. The standard InChI is InChI=1S/C19H18BrClN2O5/c1-4-27-17-6-11(9-22)5-12(20)19(17)28-10-18(24)23-14-7-13(21)15(25-2)8-16(14)26-3/h5-8H,4,10H2,1-3H3,(H,23,24). The molecule has 1 amide bonds. The normalized spacial score (nSPS) is 10.0. The summed E-state index contributed by atoms with van der Waals surface area (Å²) < 4.78 is 22.0. The molecule has 1 N–H and O–H groups in total. The van der Waals surface area contributed by atoms with Crippen molar-refractivity contribution < 1.29 is 23.7 Å². The van der Waals surface area contributed by atoms with Crippen LogP contribution < -0.4 is 24.3 Å². The molecule has 0 saturated carbocycles. The number of nitrogens with one attached hydrogen (secondary N) is 1. The van der Waals surface area contributed by atoms with Crippen molar-refractivity contribution in [2.45, 2.75) is 6.92 Å². The molecular weight excluding hydrogens is 452 g/mol. The van der Waals surface area contributed by atoms with Gasteiger partial charge >= 0.3 is 0 Å². The second-order valence-electron chi connectivity index (χ2n) is 5.35. The van der Waals surface area contributed by atoms with Gasteiger partial charge in [-0.25, -0.2) is 0 Å². The highest BCUT2D eigenvalue weighted by Crippen LogP contribution is 2.38. The number of rotatable bonds is 8. The molecule has 0 aliphatic carbocycles. The number of hydrogen-bond acceptors (Lipinski definition) is 6. The zero-order valence-corrected chi connectivity index (χ0v) is 17.8. The lowest BCUT2D eigenvalue weighted by molar-refractivity contribution is -0.118. The lowest BCUT2D eigenvalue weighted by Gasteiger charge is -2.15. The highest BCUT2D eigenvalue weighted by molar-refractivity contribution is 9.10. The third-order valence-corrected chi connectivity index (χ3v) is 4.42. The van der Waals surface area contributed by atoms with E-state index in [0.717, 1.165) is 0 Å². The van der Waals surface area contributed by atoms with E-state index in [1.54, 1.807) is 18.2 Å². The number of hydrogen-bond donors (Lipinski definition) is 1. The molecule has 0 atom stereocenters. The van der Waals surface area contributed by atoms with E-state index in [2.05, 4.69) is 21.2 Å². The molecule has 2 aromatic rings. The van der Waals surface area contributed by atoms with Gasteiger partial charge in [-0.15, -0.1) is 0 Å². The zero-order valence-electron chi connectivity index (χ0n) is 15.5. The summed E-state index contributed by atoms with van der Waals surface area (Å²) in [6.45, 7) is 1.89. The summed E-state index contributed by atoms with van der Waals surface area (Å²) in [4.78, 5) is 12.3. The molecule has 0 spiro atoms. The minimum Gasteiger partial charge on any atom is -0.495 e. The average Bonchev–Trinajstić information content (AvgIpc) is 2.67. The van der Waals surface area contributed by atoms with Gasteiger partial charge in [0.05, 0.1) is 47.6 Å². The SMILES string of the molecule is CCOc1cc(C#N)cc(Br)c1OCC(=O)Nc1cc(Cl)c(OC)cc1OC. The Balaban J connectivity index is 2.15. The predicted octanol–water partition coefficient (Wildman–Crippen LogP) is 4.41. The number of carbonyl (C=O) groups excluding carboxylic acids is 1. The van der Waals surface area contributed by atoms with Crippen LogP contribution in [0.1, 0.15) is 12.5 Å². The lowest BCUT2D eigenvalue weighted by Crippen LogP contribution is -2.21. The monoisotopic (exact) mass is 468 g/mol. The van der Waals surface area contributed by atoms with Crippen molar-refractivity contribution in [3.8, 4) is 29.1 Å². The average molecular weight is 470 g/mol. The maximum absolute atomic E-state index is 12.3. The molecular formula is C19H18BrClN2O5. The van der Waals surface area contributed by atoms with Crippen molar-refractivity contribution in [3.05, 3.63) is 39.3 Å². The number of benzene rings is 2. The van der Waals surface area contributed by atoms with Gasteiger partial charge in [-0.1, -0.05) is 11.6 Å². The van der Waals surface area contributed by atoms with Crippen molar-refractivity contribution in [1.82, 2.24) is 0 Å². The van der Waals surface area contributed by atoms with Crippen LogP contribution in [0.15, 0.2) is 28.7 Å². The Morgan fingerprint density at radius 3 is 2.46 bits per heavy atom. The third-order valence-electron chi connectivity index (χ3n) is 3.53. The van der Waals surface area contributed by atoms with Gasteiger partial charge in [0.1, 0.15) is 11.5 Å². The zero-order chi connectivity index (χ0) is 20.7. The smallest absolute Gasteiger partial charge is 0.262 e. The van der Waals surface area contributed by atoms with E-state index in [9.17, 15) is 4.79 Å². The largest absolute Gasteiger partial charge is 0.495 e. The molecule has 0 aliphatic heterocycles. The van der Waals surface area contributed by atoms with Crippen LogP contribution in [0.2, 0.25) is 5.02 Å². The lowest BCUT2D eigenvalue weighted by atomic mass is 10.2. The molecule has 28 heavy (non-hydrogen) atoms. The summed E-state index contributed by atoms with van der Waals surface area (Å²) in [6.07, 6.45) is 0. The molecule has 0 radical (unpaired) electrons. The fourth-order valence-corrected chi connectivity index (χ4v) is 3.11. The topological polar surface area (TPSA) is 89.8 Å². The van der Waals surface area contributed by atoms with Crippen molar-refractivity contribution >= 4 is 39.1 Å². The Morgan fingerprint density at radius 2 is 1.86 bits per heavy atom. The number of ether oxygens (including phenoxy) is 4. The number of nitriles is 1. The number of amides is 1. The minimum atomic E-state index is -0.432. The molecule has 0 aliphatic rings. The van der Waals surface area contributed by atoms with E-state index in [0.29, 0.717) is 50.4 Å². The Bertz CT molecular complexity index is 914. The summed E-state index contributed by atoms with van der Waals surface area (Å²) in [6, 6.07) is 8.27. The van der Waals surface area contributed by atoms with E-state index in [-0.39, 0.29) is 6.61 Å². The van der Waals surface area contributed by atoms with Gasteiger partial charge in [-0.3, -0.25) is 4.79 Å². The summed E-state index contributed by atoms with van der Waals surface area (Å²) in [7, 11) is 2.95. The van der Waals surface area contributed by atoms with E-state index in [4.69, 9.17) is 35.8 Å². The Labute approximate surface area is 176 Å². The molecule has 0 heterocycles. The highest BCUT2D eigenvalue weighted by Gasteiger charge is 2.16. The quantitative estimate of drug-likeness (QED) is 0.616. The fourth-order valence-electron chi connectivity index (χ4n) is 2.32. The maximum atomic E-state index is 12.3. The number of nitrogens with zero attached hydrogens (tertiary/aromatic N) is 1. The van der Waals surface area contributed by atoms with Crippen LogP contribution in [0.25, 0.3) is 0 Å². The van der Waals surface area contributed by atoms with Crippen LogP contribution in [0.5, 0.6) is 23.0 Å². The Hall–Kier alpha value is -2.63. The van der Waals surface area contributed by atoms with Crippen molar-refractivity contribution in [1.29, 1.82) is 5.26 Å². The molecule has 9 heteroatoms. The predicted molar refractivity (Wildman–Crippen MR) is 109 cm³/mol. The molecule has 0 fully saturated rings. The van der Waals surface area contributed by atoms with Crippen LogP contribution in [0.3, 0.4) is 0 Å². The van der Waals surface area contributed by atoms with Gasteiger partial charge in [-0.2, -0.15) is 5.26 Å². The first-order valence-electron chi connectivity index (χ1n) is 8.14. The van der Waals surface area contributed by atoms with Gasteiger partial charge in [-0.05, 0) is 35.0 Å². The molecule has 148 valence electrons. The van der Waals surface area contributed by atoms with Crippen molar-refractivity contribution in [2.75, 3.05) is 32.8 Å². The maximum Gasteiger partial charge on any atom is 0.262 e. The Kier molecular flexibility index (Phi) is 7.79. The van der Waals surface area contributed by atoms with Gasteiger partial charge in [0, 0.05) is 12.1 Å². The third kappa shape index (κ3) is 5.21. The molecule has 0 saturated heterocycles. The number of anilines is 1. The summed E-state index contributed by atoms with van der Waals surface area (Å²) in [5.74, 6) is 1.08. The fraction of sp³-hybridized carbons (Fsp3) is 0.263. The van der Waals surface area contributed by atoms with E-state index in [1.165, 1.54) is 20.3 Å². The van der Waals surface area contributed by atoms with Crippen molar-refractivity contribution in [3.63, 3.8) is 0 Å². The van der Waals surface area contributed by atoms with Crippen LogP contribution in [-0.2, 0) is 4.79 Å². The van der Waals surface area contributed by atoms with E-state index in [1.807, 2.05) is 13.0 Å². The first-order chi connectivity index (χ1) is 13.4. The minimum absolute atomic E-state index is 0.294. The summed E-state index contributed by atoms with van der Waals surface area (Å²) >= 11 is 9.44. The van der Waals surface area contributed by atoms with E-state index < -0.39 is 5.91 Å². The second kappa shape index (κ2) is 10.1. The summed E-state index contributed by atoms with van der Waals surface area (Å²) in [5.41, 5.74) is 0.788. The van der Waals surface area contributed by atoms with Gasteiger partial charge < -0.3 is 24.3 Å². The van der Waals surface area contributed by atoms with Gasteiger partial charge in [0.25, 0.3) is 5.91 Å². The molecule has 2 rings (SSSR count). The van der Waals surface area contributed by atoms with Crippen LogP contribution >= 0.6 is 27.5 Å². The van der Waals surface area contributed by atoms with E-state index >= 15 is 0 Å². The second-order valence-corrected chi connectivity index (χ2v) is 6.62. The molecule has 2 aromatic carbocycles. The summed E-state index contributed by atoms with van der Waals surface area (Å²) in [5, 5.41) is 12.1. The first kappa shape index (κ1) is 21.7. The van der Waals surface area contributed by atoms with Crippen LogP contribution in [-0.4, -0.2) is 33.3 Å². The highest BCUT2D eigenvalue weighted by atomic mass is 79.9. The molecule has 0 bridgehead atoms. The molecule has 7 nitrogen and oxygen atoms in total. The van der Waals surface area contributed by atoms with Crippen LogP contribution in [0, 0.1) is 11.3 Å². The molecule has 0 unspecified atom stereocenters. The van der Waals surface area contributed by atoms with Gasteiger partial charge in [0.15, 0.2) is 18.1 Å². The Morgan fingerprint density at radius 1 is 1.14 bits per heavy atom. The van der Waals surface area contributed by atoms with Gasteiger partial charge in [0.2, 0.25) is 0 Å². The number of halogens is 2.